The number of halogens is 3. The van der Waals surface area contributed by atoms with E-state index in [1.807, 2.05) is 0 Å². The molecule has 0 aromatic heterocycles. The van der Waals surface area contributed by atoms with E-state index in [9.17, 15) is 18.0 Å². The Morgan fingerprint density at radius 2 is 1.81 bits per heavy atom. The fourth-order valence-corrected chi connectivity index (χ4v) is 1.30. The van der Waals surface area contributed by atoms with E-state index in [0.29, 0.717) is 12.1 Å². The highest BCUT2D eigenvalue weighted by molar-refractivity contribution is 5.67. The Balaban J connectivity index is 2.81. The van der Waals surface area contributed by atoms with Crippen LogP contribution < -0.4 is 5.73 Å². The first-order valence-corrected chi connectivity index (χ1v) is 4.51. The predicted molar refractivity (Wildman–Crippen MR) is 50.2 cm³/mol. The lowest BCUT2D eigenvalue weighted by molar-refractivity contribution is -0.137. The quantitative estimate of drug-likeness (QED) is 0.773. The summed E-state index contributed by atoms with van der Waals surface area (Å²) in [5.41, 5.74) is 5.27. The Labute approximate surface area is 89.7 Å². The highest BCUT2D eigenvalue weighted by Crippen LogP contribution is 2.15. The normalized spacial score (nSPS) is 12.5. The van der Waals surface area contributed by atoms with Gasteiger partial charge >= 0.3 is 5.97 Å². The van der Waals surface area contributed by atoms with Crippen LogP contribution in [-0.4, -0.2) is 17.1 Å². The molecule has 1 rings (SSSR count). The second-order valence-corrected chi connectivity index (χ2v) is 3.42. The number of carboxylic acid groups (broad SMARTS) is 1. The first-order chi connectivity index (χ1) is 7.40. The van der Waals surface area contributed by atoms with Crippen LogP contribution in [-0.2, 0) is 11.2 Å². The van der Waals surface area contributed by atoms with Crippen molar-refractivity contribution < 1.29 is 23.1 Å². The van der Waals surface area contributed by atoms with Crippen LogP contribution in [0.2, 0.25) is 0 Å². The summed E-state index contributed by atoms with van der Waals surface area (Å²) in [4.78, 5) is 10.3. The third kappa shape index (κ3) is 3.23. The molecule has 0 amide bonds. The Morgan fingerprint density at radius 3 is 2.38 bits per heavy atom. The lowest BCUT2D eigenvalue weighted by Crippen LogP contribution is -2.26. The van der Waals surface area contributed by atoms with Crippen LogP contribution in [0, 0.1) is 17.5 Å². The van der Waals surface area contributed by atoms with Crippen molar-refractivity contribution in [3.8, 4) is 0 Å². The molecule has 0 spiro atoms. The van der Waals surface area contributed by atoms with Gasteiger partial charge in [-0.15, -0.1) is 0 Å². The van der Waals surface area contributed by atoms with Crippen LogP contribution in [0.4, 0.5) is 13.2 Å². The molecule has 1 unspecified atom stereocenters. The van der Waals surface area contributed by atoms with Crippen molar-refractivity contribution in [1.82, 2.24) is 0 Å². The largest absolute Gasteiger partial charge is 0.481 e. The highest BCUT2D eigenvalue weighted by Gasteiger charge is 2.14. The van der Waals surface area contributed by atoms with Crippen LogP contribution in [0.1, 0.15) is 12.0 Å². The molecule has 16 heavy (non-hydrogen) atoms. The van der Waals surface area contributed by atoms with Gasteiger partial charge in [0, 0.05) is 12.1 Å². The summed E-state index contributed by atoms with van der Waals surface area (Å²) in [6.45, 7) is 0. The number of benzene rings is 1. The summed E-state index contributed by atoms with van der Waals surface area (Å²) in [6.07, 6.45) is -0.520. The number of carbonyl (C=O) groups is 1. The molecule has 1 aromatic carbocycles. The van der Waals surface area contributed by atoms with Crippen LogP contribution in [0.5, 0.6) is 0 Å². The summed E-state index contributed by atoms with van der Waals surface area (Å²) >= 11 is 0. The lowest BCUT2D eigenvalue weighted by atomic mass is 10.0. The summed E-state index contributed by atoms with van der Waals surface area (Å²) < 4.78 is 38.5. The molecular weight excluding hydrogens is 223 g/mol. The van der Waals surface area contributed by atoms with E-state index < -0.39 is 29.5 Å². The van der Waals surface area contributed by atoms with E-state index >= 15 is 0 Å². The number of rotatable bonds is 4. The van der Waals surface area contributed by atoms with Crippen molar-refractivity contribution in [2.75, 3.05) is 0 Å². The third-order valence-electron chi connectivity index (χ3n) is 2.01. The topological polar surface area (TPSA) is 63.3 Å². The average Bonchev–Trinajstić information content (AvgIpc) is 2.12. The zero-order valence-electron chi connectivity index (χ0n) is 8.21. The summed E-state index contributed by atoms with van der Waals surface area (Å²) in [5.74, 6) is -4.53. The van der Waals surface area contributed by atoms with Gasteiger partial charge in [-0.25, -0.2) is 13.2 Å². The number of nitrogens with two attached hydrogens (primary N) is 1. The van der Waals surface area contributed by atoms with Gasteiger partial charge in [0.2, 0.25) is 0 Å². The molecule has 0 fully saturated rings. The summed E-state index contributed by atoms with van der Waals surface area (Å²) in [6, 6.07) is 0.265. The lowest BCUT2D eigenvalue weighted by Gasteiger charge is -2.09. The molecule has 3 nitrogen and oxygen atoms in total. The van der Waals surface area contributed by atoms with E-state index in [1.165, 1.54) is 0 Å². The number of hydrogen-bond donors (Lipinski definition) is 2. The average molecular weight is 233 g/mol. The zero-order chi connectivity index (χ0) is 12.3. The van der Waals surface area contributed by atoms with Crippen molar-refractivity contribution in [2.24, 2.45) is 5.73 Å². The molecule has 0 aliphatic rings. The molecule has 1 aromatic rings. The molecular formula is C10H10F3NO2. The van der Waals surface area contributed by atoms with Gasteiger partial charge in [-0.1, -0.05) is 0 Å². The van der Waals surface area contributed by atoms with E-state index in [0.717, 1.165) is 0 Å². The minimum atomic E-state index is -1.28. The Hall–Kier alpha value is -1.56. The van der Waals surface area contributed by atoms with Crippen molar-refractivity contribution in [1.29, 1.82) is 0 Å². The fourth-order valence-electron chi connectivity index (χ4n) is 1.30. The number of hydrogen-bond acceptors (Lipinski definition) is 2. The van der Waals surface area contributed by atoms with Crippen LogP contribution in [0.3, 0.4) is 0 Å². The van der Waals surface area contributed by atoms with Crippen molar-refractivity contribution in [2.45, 2.75) is 18.9 Å². The van der Waals surface area contributed by atoms with Crippen LogP contribution in [0.15, 0.2) is 12.1 Å². The maximum Gasteiger partial charge on any atom is 0.304 e. The third-order valence-corrected chi connectivity index (χ3v) is 2.01. The minimum absolute atomic E-state index is 0.132. The zero-order valence-corrected chi connectivity index (χ0v) is 8.21. The Morgan fingerprint density at radius 1 is 1.25 bits per heavy atom. The molecule has 88 valence electrons. The van der Waals surface area contributed by atoms with Gasteiger partial charge in [-0.2, -0.15) is 0 Å². The van der Waals surface area contributed by atoms with E-state index in [1.54, 1.807) is 0 Å². The molecule has 0 saturated heterocycles. The maximum atomic E-state index is 13.1. The van der Waals surface area contributed by atoms with Gasteiger partial charge in [0.25, 0.3) is 0 Å². The van der Waals surface area contributed by atoms with Crippen LogP contribution in [0.25, 0.3) is 0 Å². The summed E-state index contributed by atoms with van der Waals surface area (Å²) in [7, 11) is 0. The van der Waals surface area contributed by atoms with Crippen LogP contribution >= 0.6 is 0 Å². The van der Waals surface area contributed by atoms with Gasteiger partial charge in [0.15, 0.2) is 11.6 Å². The number of aliphatic carboxylic acids is 1. The van der Waals surface area contributed by atoms with E-state index in [2.05, 4.69) is 0 Å². The SMILES string of the molecule is NC(CC(=O)O)Cc1cc(F)c(F)cc1F. The first kappa shape index (κ1) is 12.5. The molecule has 0 aliphatic heterocycles. The monoisotopic (exact) mass is 233 g/mol. The molecule has 6 heteroatoms. The van der Waals surface area contributed by atoms with Crippen molar-refractivity contribution in [3.05, 3.63) is 35.1 Å². The van der Waals surface area contributed by atoms with Gasteiger partial charge < -0.3 is 10.8 Å². The molecule has 0 bridgehead atoms. The second kappa shape index (κ2) is 4.98. The Kier molecular flexibility index (Phi) is 3.89. The molecule has 0 heterocycles. The van der Waals surface area contributed by atoms with Gasteiger partial charge in [-0.05, 0) is 18.1 Å². The maximum absolute atomic E-state index is 13.1. The molecule has 1 atom stereocenters. The predicted octanol–water partition coefficient (Wildman–Crippen LogP) is 1.45. The van der Waals surface area contributed by atoms with E-state index in [-0.39, 0.29) is 18.4 Å². The first-order valence-electron chi connectivity index (χ1n) is 4.51. The molecule has 0 saturated carbocycles. The molecule has 0 radical (unpaired) electrons. The fraction of sp³-hybridized carbons (Fsp3) is 0.300. The van der Waals surface area contributed by atoms with Gasteiger partial charge in [-0.3, -0.25) is 4.79 Å². The molecule has 0 aliphatic carbocycles. The highest BCUT2D eigenvalue weighted by atomic mass is 19.2. The Bertz CT molecular complexity index is 409. The van der Waals surface area contributed by atoms with Gasteiger partial charge in [0.05, 0.1) is 6.42 Å². The minimum Gasteiger partial charge on any atom is -0.481 e. The van der Waals surface area contributed by atoms with E-state index in [4.69, 9.17) is 10.8 Å². The number of carboxylic acids is 1. The summed E-state index contributed by atoms with van der Waals surface area (Å²) in [5, 5.41) is 8.42. The molecule has 3 N–H and O–H groups in total. The van der Waals surface area contributed by atoms with Crippen molar-refractivity contribution >= 4 is 5.97 Å². The standard InChI is InChI=1S/C10H10F3NO2/c11-7-4-9(13)8(12)2-5(7)1-6(14)3-10(15)16/h2,4,6H,1,3,14H2,(H,15,16). The van der Waals surface area contributed by atoms with Gasteiger partial charge in [0.1, 0.15) is 5.82 Å². The van der Waals surface area contributed by atoms with Crippen molar-refractivity contribution in [3.63, 3.8) is 0 Å². The smallest absolute Gasteiger partial charge is 0.304 e. The second-order valence-electron chi connectivity index (χ2n) is 3.42.